The van der Waals surface area contributed by atoms with Crippen molar-refractivity contribution in [3.8, 4) is 11.5 Å². The third kappa shape index (κ3) is 3.94. The minimum atomic E-state index is -0.210. The molecule has 0 unspecified atom stereocenters. The van der Waals surface area contributed by atoms with E-state index in [2.05, 4.69) is 51.7 Å². The van der Waals surface area contributed by atoms with E-state index in [1.54, 1.807) is 0 Å². The lowest BCUT2D eigenvalue weighted by Gasteiger charge is -2.28. The molecule has 1 aromatic carbocycles. The average Bonchev–Trinajstić information content (AvgIpc) is 2.80. The Balaban J connectivity index is 2.39. The van der Waals surface area contributed by atoms with Gasteiger partial charge in [0.15, 0.2) is 6.61 Å². The van der Waals surface area contributed by atoms with E-state index in [4.69, 9.17) is 14.9 Å². The van der Waals surface area contributed by atoms with E-state index >= 15 is 0 Å². The van der Waals surface area contributed by atoms with Gasteiger partial charge in [0, 0.05) is 11.1 Å². The van der Waals surface area contributed by atoms with Crippen molar-refractivity contribution in [2.45, 2.75) is 59.0 Å². The van der Waals surface area contributed by atoms with E-state index in [1.165, 1.54) is 0 Å². The van der Waals surface area contributed by atoms with Gasteiger partial charge in [0.2, 0.25) is 0 Å². The Labute approximate surface area is 136 Å². The molecular formula is C17H25N3O3. The summed E-state index contributed by atoms with van der Waals surface area (Å²) in [5, 5.41) is 18.0. The standard InChI is InChI=1S/C17H25N3O3/c1-16(2,3)11-7-10(8-12(14(11)21)17(4,5)6)22-9-13-19-20-15(18)23-13/h7-8,21H,9H2,1-6H3,(H2,18,20). The third-order valence-corrected chi connectivity index (χ3v) is 3.54. The molecule has 0 aliphatic carbocycles. The maximum absolute atomic E-state index is 10.7. The van der Waals surface area contributed by atoms with Crippen LogP contribution >= 0.6 is 0 Å². The van der Waals surface area contributed by atoms with Gasteiger partial charge in [-0.2, -0.15) is 0 Å². The van der Waals surface area contributed by atoms with Crippen LogP contribution in [-0.2, 0) is 17.4 Å². The Kier molecular flexibility index (Phi) is 4.28. The molecule has 0 aliphatic heterocycles. The first-order valence-electron chi connectivity index (χ1n) is 7.57. The smallest absolute Gasteiger partial charge is 0.312 e. The minimum Gasteiger partial charge on any atom is -0.507 e. The summed E-state index contributed by atoms with van der Waals surface area (Å²) in [6.07, 6.45) is 0. The number of ether oxygens (including phenoxy) is 1. The number of hydrogen-bond donors (Lipinski definition) is 2. The van der Waals surface area contributed by atoms with Crippen LogP contribution in [0.4, 0.5) is 6.01 Å². The van der Waals surface area contributed by atoms with Gasteiger partial charge >= 0.3 is 6.01 Å². The molecule has 6 heteroatoms. The van der Waals surface area contributed by atoms with Crippen molar-refractivity contribution in [3.63, 3.8) is 0 Å². The summed E-state index contributed by atoms with van der Waals surface area (Å²) in [5.74, 6) is 1.28. The second-order valence-electron chi connectivity index (χ2n) is 7.69. The fourth-order valence-corrected chi connectivity index (χ4v) is 2.30. The van der Waals surface area contributed by atoms with Crippen LogP contribution in [0.15, 0.2) is 16.5 Å². The monoisotopic (exact) mass is 319 g/mol. The lowest BCUT2D eigenvalue weighted by molar-refractivity contribution is 0.263. The molecule has 23 heavy (non-hydrogen) atoms. The van der Waals surface area contributed by atoms with Crippen LogP contribution in [0, 0.1) is 0 Å². The molecule has 0 bridgehead atoms. The number of anilines is 1. The number of nitrogen functional groups attached to an aromatic ring is 1. The van der Waals surface area contributed by atoms with E-state index in [-0.39, 0.29) is 23.5 Å². The van der Waals surface area contributed by atoms with E-state index < -0.39 is 0 Å². The normalized spacial score (nSPS) is 12.4. The molecule has 6 nitrogen and oxygen atoms in total. The lowest BCUT2D eigenvalue weighted by Crippen LogP contribution is -2.17. The van der Waals surface area contributed by atoms with Gasteiger partial charge in [-0.1, -0.05) is 46.6 Å². The van der Waals surface area contributed by atoms with E-state index in [0.717, 1.165) is 11.1 Å². The topological polar surface area (TPSA) is 94.4 Å². The summed E-state index contributed by atoms with van der Waals surface area (Å²) < 4.78 is 10.9. The first kappa shape index (κ1) is 17.1. The highest BCUT2D eigenvalue weighted by atomic mass is 16.5. The minimum absolute atomic E-state index is 0.0140. The molecule has 0 saturated carbocycles. The highest BCUT2D eigenvalue weighted by Crippen LogP contribution is 2.41. The fraction of sp³-hybridized carbons (Fsp3) is 0.529. The Bertz CT molecular complexity index is 659. The Hall–Kier alpha value is -2.24. The molecule has 0 fully saturated rings. The van der Waals surface area contributed by atoms with Crippen LogP contribution in [0.2, 0.25) is 0 Å². The average molecular weight is 319 g/mol. The van der Waals surface area contributed by atoms with Crippen molar-refractivity contribution in [3.05, 3.63) is 29.2 Å². The summed E-state index contributed by atoms with van der Waals surface area (Å²) in [5.41, 5.74) is 6.66. The maximum atomic E-state index is 10.7. The van der Waals surface area contributed by atoms with Crippen molar-refractivity contribution >= 4 is 6.01 Å². The van der Waals surface area contributed by atoms with Crippen molar-refractivity contribution in [2.24, 2.45) is 0 Å². The van der Waals surface area contributed by atoms with Gasteiger partial charge < -0.3 is 20.0 Å². The summed E-state index contributed by atoms with van der Waals surface area (Å²) in [4.78, 5) is 0. The molecule has 126 valence electrons. The Morgan fingerprint density at radius 1 is 1.04 bits per heavy atom. The summed E-state index contributed by atoms with van der Waals surface area (Å²) >= 11 is 0. The first-order valence-corrected chi connectivity index (χ1v) is 7.57. The maximum Gasteiger partial charge on any atom is 0.312 e. The highest BCUT2D eigenvalue weighted by molar-refractivity contribution is 5.51. The number of aromatic hydroxyl groups is 1. The number of nitrogens with two attached hydrogens (primary N) is 1. The molecular weight excluding hydrogens is 294 g/mol. The number of benzene rings is 1. The van der Waals surface area contributed by atoms with E-state index in [9.17, 15) is 5.11 Å². The van der Waals surface area contributed by atoms with Crippen molar-refractivity contribution in [1.29, 1.82) is 0 Å². The molecule has 0 aliphatic rings. The van der Waals surface area contributed by atoms with Crippen LogP contribution < -0.4 is 10.5 Å². The fourth-order valence-electron chi connectivity index (χ4n) is 2.30. The second kappa shape index (κ2) is 5.76. The molecule has 0 amide bonds. The first-order chi connectivity index (χ1) is 10.5. The molecule has 3 N–H and O–H groups in total. The SMILES string of the molecule is CC(C)(C)c1cc(OCc2nnc(N)o2)cc(C(C)(C)C)c1O. The number of nitrogens with zero attached hydrogens (tertiary/aromatic N) is 2. The van der Waals surface area contributed by atoms with E-state index in [0.29, 0.717) is 17.4 Å². The Morgan fingerprint density at radius 2 is 1.57 bits per heavy atom. The molecule has 1 aromatic heterocycles. The van der Waals surface area contributed by atoms with Crippen molar-refractivity contribution in [1.82, 2.24) is 10.2 Å². The van der Waals surface area contributed by atoms with Crippen LogP contribution in [0.25, 0.3) is 0 Å². The van der Waals surface area contributed by atoms with Crippen molar-refractivity contribution < 1.29 is 14.3 Å². The van der Waals surface area contributed by atoms with Gasteiger partial charge in [0.1, 0.15) is 11.5 Å². The molecule has 1 heterocycles. The quantitative estimate of drug-likeness (QED) is 0.898. The number of phenols is 1. The second-order valence-corrected chi connectivity index (χ2v) is 7.69. The number of aromatic nitrogens is 2. The van der Waals surface area contributed by atoms with Crippen LogP contribution in [0.3, 0.4) is 0 Å². The summed E-state index contributed by atoms with van der Waals surface area (Å²) in [6.45, 7) is 12.4. The zero-order valence-electron chi connectivity index (χ0n) is 14.6. The highest BCUT2D eigenvalue weighted by Gasteiger charge is 2.27. The zero-order chi connectivity index (χ0) is 17.4. The van der Waals surface area contributed by atoms with Crippen LogP contribution in [0.5, 0.6) is 11.5 Å². The zero-order valence-corrected chi connectivity index (χ0v) is 14.6. The summed E-state index contributed by atoms with van der Waals surface area (Å²) in [7, 11) is 0. The number of rotatable bonds is 3. The van der Waals surface area contributed by atoms with Gasteiger partial charge in [0.25, 0.3) is 5.89 Å². The molecule has 0 atom stereocenters. The van der Waals surface area contributed by atoms with Gasteiger partial charge in [-0.15, -0.1) is 5.10 Å². The predicted molar refractivity (Wildman–Crippen MR) is 88.5 cm³/mol. The molecule has 0 spiro atoms. The number of hydrogen-bond acceptors (Lipinski definition) is 6. The van der Waals surface area contributed by atoms with Gasteiger partial charge in [-0.05, 0) is 23.0 Å². The van der Waals surface area contributed by atoms with Crippen LogP contribution in [-0.4, -0.2) is 15.3 Å². The largest absolute Gasteiger partial charge is 0.507 e. The number of phenolic OH excluding ortho intramolecular Hbond substituents is 1. The lowest BCUT2D eigenvalue weighted by atomic mass is 9.79. The van der Waals surface area contributed by atoms with Gasteiger partial charge in [0.05, 0.1) is 0 Å². The van der Waals surface area contributed by atoms with Gasteiger partial charge in [-0.25, -0.2) is 0 Å². The third-order valence-electron chi connectivity index (χ3n) is 3.54. The Morgan fingerprint density at radius 3 is 1.96 bits per heavy atom. The van der Waals surface area contributed by atoms with Crippen molar-refractivity contribution in [2.75, 3.05) is 5.73 Å². The molecule has 0 radical (unpaired) electrons. The molecule has 0 saturated heterocycles. The summed E-state index contributed by atoms with van der Waals surface area (Å²) in [6, 6.07) is 3.72. The van der Waals surface area contributed by atoms with E-state index in [1.807, 2.05) is 12.1 Å². The van der Waals surface area contributed by atoms with Crippen LogP contribution in [0.1, 0.15) is 58.6 Å². The molecule has 2 rings (SSSR count). The van der Waals surface area contributed by atoms with Gasteiger partial charge in [-0.3, -0.25) is 0 Å². The predicted octanol–water partition coefficient (Wildman–Crippen LogP) is 3.53. The molecule has 2 aromatic rings.